The Balaban J connectivity index is 2.17. The summed E-state index contributed by atoms with van der Waals surface area (Å²) in [6.07, 6.45) is 0. The molecule has 0 spiro atoms. The van der Waals surface area contributed by atoms with E-state index >= 15 is 0 Å². The quantitative estimate of drug-likeness (QED) is 0.620. The number of rotatable bonds is 5. The first-order valence-corrected chi connectivity index (χ1v) is 9.41. The van der Waals surface area contributed by atoms with Gasteiger partial charge in [0, 0.05) is 29.1 Å². The number of carbonyl (C=O) groups excluding carboxylic acids is 2. The molecule has 9 heteroatoms. The fraction of sp³-hybridized carbons (Fsp3) is 0.263. The van der Waals surface area contributed by atoms with E-state index in [2.05, 4.69) is 5.32 Å². The third-order valence-electron chi connectivity index (χ3n) is 3.91. The van der Waals surface area contributed by atoms with Crippen molar-refractivity contribution in [3.05, 3.63) is 58.6 Å². The van der Waals surface area contributed by atoms with Crippen molar-refractivity contribution in [1.82, 2.24) is 4.90 Å². The van der Waals surface area contributed by atoms with Crippen molar-refractivity contribution in [3.63, 3.8) is 0 Å². The molecule has 0 saturated heterocycles. The standard InChI is InChI=1S/C19H18ClF3N2O2S/c1-11(2)25(3)18(27)13-6-9-15(20)16(10-13)24-17(26)12-4-7-14(8-5-12)28-19(21,22)23/h4-11H,1-3H3,(H,24,26). The van der Waals surface area contributed by atoms with Crippen molar-refractivity contribution < 1.29 is 22.8 Å². The molecular weight excluding hydrogens is 413 g/mol. The number of amides is 2. The van der Waals surface area contributed by atoms with Crippen LogP contribution in [0, 0.1) is 0 Å². The van der Waals surface area contributed by atoms with Crippen molar-refractivity contribution in [3.8, 4) is 0 Å². The lowest BCUT2D eigenvalue weighted by molar-refractivity contribution is -0.0328. The summed E-state index contributed by atoms with van der Waals surface area (Å²) in [7, 11) is 1.67. The van der Waals surface area contributed by atoms with Gasteiger partial charge in [-0.05, 0) is 68.1 Å². The van der Waals surface area contributed by atoms with Crippen LogP contribution in [0.25, 0.3) is 0 Å². The summed E-state index contributed by atoms with van der Waals surface area (Å²) >= 11 is 5.85. The summed E-state index contributed by atoms with van der Waals surface area (Å²) in [4.78, 5) is 26.4. The fourth-order valence-corrected chi connectivity index (χ4v) is 2.90. The second kappa shape index (κ2) is 8.87. The molecule has 0 heterocycles. The Morgan fingerprint density at radius 2 is 1.64 bits per heavy atom. The lowest BCUT2D eigenvalue weighted by Gasteiger charge is -2.22. The minimum absolute atomic E-state index is 0.00528. The van der Waals surface area contributed by atoms with Crippen LogP contribution in [-0.4, -0.2) is 35.3 Å². The normalized spacial score (nSPS) is 11.4. The predicted molar refractivity (Wildman–Crippen MR) is 105 cm³/mol. The maximum absolute atomic E-state index is 12.4. The van der Waals surface area contributed by atoms with Gasteiger partial charge in [-0.15, -0.1) is 0 Å². The highest BCUT2D eigenvalue weighted by molar-refractivity contribution is 8.00. The van der Waals surface area contributed by atoms with E-state index in [0.29, 0.717) is 5.56 Å². The summed E-state index contributed by atoms with van der Waals surface area (Å²) in [6, 6.07) is 9.53. The van der Waals surface area contributed by atoms with Gasteiger partial charge in [0.15, 0.2) is 0 Å². The molecule has 0 radical (unpaired) electrons. The van der Waals surface area contributed by atoms with Gasteiger partial charge in [-0.1, -0.05) is 11.6 Å². The van der Waals surface area contributed by atoms with Gasteiger partial charge in [0.1, 0.15) is 0 Å². The maximum Gasteiger partial charge on any atom is 0.446 e. The Hall–Kier alpha value is -2.19. The van der Waals surface area contributed by atoms with Crippen molar-refractivity contribution >= 4 is 40.9 Å². The molecule has 0 fully saturated rings. The maximum atomic E-state index is 12.4. The first-order valence-electron chi connectivity index (χ1n) is 8.22. The summed E-state index contributed by atoms with van der Waals surface area (Å²) < 4.78 is 37.1. The van der Waals surface area contributed by atoms with Crippen LogP contribution in [0.15, 0.2) is 47.4 Å². The number of hydrogen-bond donors (Lipinski definition) is 1. The van der Waals surface area contributed by atoms with E-state index < -0.39 is 11.4 Å². The van der Waals surface area contributed by atoms with Gasteiger partial charge in [0.05, 0.1) is 10.7 Å². The number of benzene rings is 2. The smallest absolute Gasteiger partial charge is 0.339 e. The minimum atomic E-state index is -4.40. The number of carbonyl (C=O) groups is 2. The van der Waals surface area contributed by atoms with Crippen LogP contribution in [0.4, 0.5) is 18.9 Å². The Morgan fingerprint density at radius 1 is 1.07 bits per heavy atom. The van der Waals surface area contributed by atoms with Crippen LogP contribution < -0.4 is 5.32 Å². The Labute approximate surface area is 170 Å². The van der Waals surface area contributed by atoms with E-state index in [1.165, 1.54) is 36.4 Å². The number of nitrogens with one attached hydrogen (secondary N) is 1. The molecule has 0 atom stereocenters. The van der Waals surface area contributed by atoms with E-state index in [1.54, 1.807) is 18.0 Å². The molecule has 28 heavy (non-hydrogen) atoms. The van der Waals surface area contributed by atoms with Crippen molar-refractivity contribution in [1.29, 1.82) is 0 Å². The molecule has 0 aliphatic rings. The van der Waals surface area contributed by atoms with Gasteiger partial charge < -0.3 is 10.2 Å². The average Bonchev–Trinajstić information content (AvgIpc) is 2.61. The fourth-order valence-electron chi connectivity index (χ4n) is 2.19. The van der Waals surface area contributed by atoms with E-state index in [0.717, 1.165) is 0 Å². The highest BCUT2D eigenvalue weighted by Crippen LogP contribution is 2.36. The zero-order valence-corrected chi connectivity index (χ0v) is 16.9. The predicted octanol–water partition coefficient (Wildman–Crippen LogP) is 5.68. The Bertz CT molecular complexity index is 870. The molecular formula is C19H18ClF3N2O2S. The summed E-state index contributed by atoms with van der Waals surface area (Å²) in [6.45, 7) is 3.74. The number of nitrogens with zero attached hydrogens (tertiary/aromatic N) is 1. The van der Waals surface area contributed by atoms with E-state index in [-0.39, 0.29) is 44.9 Å². The van der Waals surface area contributed by atoms with Crippen LogP contribution >= 0.6 is 23.4 Å². The van der Waals surface area contributed by atoms with Gasteiger partial charge in [-0.25, -0.2) is 0 Å². The number of thioether (sulfide) groups is 1. The van der Waals surface area contributed by atoms with Crippen molar-refractivity contribution in [2.75, 3.05) is 12.4 Å². The molecule has 2 aromatic carbocycles. The third kappa shape index (κ3) is 5.90. The summed E-state index contributed by atoms with van der Waals surface area (Å²) in [5.41, 5.74) is -3.64. The molecule has 150 valence electrons. The second-order valence-electron chi connectivity index (χ2n) is 6.23. The highest BCUT2D eigenvalue weighted by atomic mass is 35.5. The average molecular weight is 431 g/mol. The number of halogens is 4. The molecule has 2 rings (SSSR count). The zero-order chi connectivity index (χ0) is 21.1. The SMILES string of the molecule is CC(C)N(C)C(=O)c1ccc(Cl)c(NC(=O)c2ccc(SC(F)(F)F)cc2)c1. The lowest BCUT2D eigenvalue weighted by Crippen LogP contribution is -2.33. The first-order chi connectivity index (χ1) is 13.0. The van der Waals surface area contributed by atoms with Crippen LogP contribution in [0.5, 0.6) is 0 Å². The van der Waals surface area contributed by atoms with Gasteiger partial charge >= 0.3 is 5.51 Å². The summed E-state index contributed by atoms with van der Waals surface area (Å²) in [5, 5.41) is 2.82. The van der Waals surface area contributed by atoms with Crippen LogP contribution in [-0.2, 0) is 0 Å². The van der Waals surface area contributed by atoms with Crippen LogP contribution in [0.1, 0.15) is 34.6 Å². The number of hydrogen-bond acceptors (Lipinski definition) is 3. The zero-order valence-electron chi connectivity index (χ0n) is 15.3. The molecule has 0 aliphatic heterocycles. The van der Waals surface area contributed by atoms with Gasteiger partial charge in [0.2, 0.25) is 0 Å². The van der Waals surface area contributed by atoms with E-state index in [1.807, 2.05) is 13.8 Å². The van der Waals surface area contributed by atoms with Crippen molar-refractivity contribution in [2.24, 2.45) is 0 Å². The lowest BCUT2D eigenvalue weighted by atomic mass is 10.1. The van der Waals surface area contributed by atoms with Gasteiger partial charge in [0.25, 0.3) is 11.8 Å². The highest BCUT2D eigenvalue weighted by Gasteiger charge is 2.29. The second-order valence-corrected chi connectivity index (χ2v) is 7.78. The molecule has 2 aromatic rings. The number of alkyl halides is 3. The molecule has 4 nitrogen and oxygen atoms in total. The molecule has 0 unspecified atom stereocenters. The molecule has 0 aliphatic carbocycles. The van der Waals surface area contributed by atoms with Crippen LogP contribution in [0.3, 0.4) is 0 Å². The molecule has 0 bridgehead atoms. The minimum Gasteiger partial charge on any atom is -0.339 e. The topological polar surface area (TPSA) is 49.4 Å². The van der Waals surface area contributed by atoms with E-state index in [9.17, 15) is 22.8 Å². The summed E-state index contributed by atoms with van der Waals surface area (Å²) in [5.74, 6) is -0.775. The number of anilines is 1. The first kappa shape index (κ1) is 22.1. The van der Waals surface area contributed by atoms with Gasteiger partial charge in [-0.3, -0.25) is 9.59 Å². The van der Waals surface area contributed by atoms with Gasteiger partial charge in [-0.2, -0.15) is 13.2 Å². The van der Waals surface area contributed by atoms with Crippen molar-refractivity contribution in [2.45, 2.75) is 30.3 Å². The Kier molecular flexibility index (Phi) is 7.01. The molecule has 2 amide bonds. The molecule has 0 aromatic heterocycles. The largest absolute Gasteiger partial charge is 0.446 e. The monoisotopic (exact) mass is 430 g/mol. The molecule has 1 N–H and O–H groups in total. The van der Waals surface area contributed by atoms with Crippen LogP contribution in [0.2, 0.25) is 5.02 Å². The van der Waals surface area contributed by atoms with E-state index in [4.69, 9.17) is 11.6 Å². The third-order valence-corrected chi connectivity index (χ3v) is 4.98. The molecule has 0 saturated carbocycles. The Morgan fingerprint density at radius 3 is 2.18 bits per heavy atom.